The molecule has 2 aromatic carbocycles. The molecule has 0 bridgehead atoms. The number of ether oxygens (including phenoxy) is 1. The van der Waals surface area contributed by atoms with Gasteiger partial charge in [0.05, 0.1) is 17.6 Å². The first-order chi connectivity index (χ1) is 11.2. The number of aromatic nitrogens is 2. The number of imidazole rings is 1. The summed E-state index contributed by atoms with van der Waals surface area (Å²) >= 11 is 0. The van der Waals surface area contributed by atoms with E-state index in [1.54, 1.807) is 18.2 Å². The van der Waals surface area contributed by atoms with Gasteiger partial charge in [-0.05, 0) is 36.8 Å². The zero-order valence-corrected chi connectivity index (χ0v) is 12.5. The van der Waals surface area contributed by atoms with E-state index in [2.05, 4.69) is 15.3 Å². The topological polar surface area (TPSA) is 87.0 Å². The number of carbonyl (C=O) groups is 1. The van der Waals surface area contributed by atoms with Gasteiger partial charge in [0, 0.05) is 12.1 Å². The van der Waals surface area contributed by atoms with Crippen molar-refractivity contribution >= 4 is 22.6 Å². The zero-order chi connectivity index (χ0) is 16.1. The maximum absolute atomic E-state index is 11.9. The number of amides is 1. The van der Waals surface area contributed by atoms with Crippen molar-refractivity contribution in [3.63, 3.8) is 0 Å². The SMILES string of the molecule is O=C(CCCOc1ccccc1)Nc1ccc2[nH]c(=O)[nH]c2c1. The normalized spacial score (nSPS) is 10.6. The number of fused-ring (bicyclic) bond motifs is 1. The average Bonchev–Trinajstić information content (AvgIpc) is 2.92. The van der Waals surface area contributed by atoms with Crippen molar-refractivity contribution in [1.82, 2.24) is 9.97 Å². The molecule has 0 aliphatic rings. The minimum atomic E-state index is -0.262. The first kappa shape index (κ1) is 14.9. The second kappa shape index (κ2) is 6.83. The van der Waals surface area contributed by atoms with Gasteiger partial charge in [-0.15, -0.1) is 0 Å². The summed E-state index contributed by atoms with van der Waals surface area (Å²) < 4.78 is 5.54. The third-order valence-electron chi connectivity index (χ3n) is 3.36. The predicted molar refractivity (Wildman–Crippen MR) is 88.7 cm³/mol. The molecule has 1 heterocycles. The van der Waals surface area contributed by atoms with Crippen molar-refractivity contribution in [3.05, 3.63) is 59.0 Å². The Morgan fingerprint density at radius 1 is 1.04 bits per heavy atom. The fourth-order valence-corrected chi connectivity index (χ4v) is 2.27. The molecule has 0 aliphatic carbocycles. The first-order valence-corrected chi connectivity index (χ1v) is 7.40. The van der Waals surface area contributed by atoms with Gasteiger partial charge in [0.15, 0.2) is 0 Å². The second-order valence-electron chi connectivity index (χ2n) is 5.15. The van der Waals surface area contributed by atoms with Gasteiger partial charge in [0.2, 0.25) is 5.91 Å². The van der Waals surface area contributed by atoms with Gasteiger partial charge < -0.3 is 20.0 Å². The summed E-state index contributed by atoms with van der Waals surface area (Å²) in [4.78, 5) is 28.4. The quantitative estimate of drug-likeness (QED) is 0.612. The fraction of sp³-hybridized carbons (Fsp3) is 0.176. The van der Waals surface area contributed by atoms with Crippen LogP contribution in [0.15, 0.2) is 53.3 Å². The number of H-pyrrole nitrogens is 2. The number of nitrogens with one attached hydrogen (secondary N) is 3. The number of hydrogen-bond donors (Lipinski definition) is 3. The first-order valence-electron chi connectivity index (χ1n) is 7.40. The number of para-hydroxylation sites is 1. The highest BCUT2D eigenvalue weighted by Crippen LogP contribution is 2.15. The predicted octanol–water partition coefficient (Wildman–Crippen LogP) is 2.65. The van der Waals surface area contributed by atoms with Crippen LogP contribution >= 0.6 is 0 Å². The Hall–Kier alpha value is -3.02. The highest BCUT2D eigenvalue weighted by molar-refractivity contribution is 5.92. The van der Waals surface area contributed by atoms with E-state index in [1.165, 1.54) is 0 Å². The van der Waals surface area contributed by atoms with Crippen LogP contribution in [0.25, 0.3) is 11.0 Å². The van der Waals surface area contributed by atoms with E-state index in [1.807, 2.05) is 30.3 Å². The van der Waals surface area contributed by atoms with Crippen molar-refractivity contribution in [2.24, 2.45) is 0 Å². The maximum atomic E-state index is 11.9. The number of anilines is 1. The zero-order valence-electron chi connectivity index (χ0n) is 12.5. The van der Waals surface area contributed by atoms with Crippen molar-refractivity contribution in [2.75, 3.05) is 11.9 Å². The van der Waals surface area contributed by atoms with Gasteiger partial charge in [-0.2, -0.15) is 0 Å². The molecule has 0 saturated carbocycles. The van der Waals surface area contributed by atoms with E-state index in [0.29, 0.717) is 36.2 Å². The monoisotopic (exact) mass is 311 g/mol. The van der Waals surface area contributed by atoms with E-state index in [0.717, 1.165) is 5.75 Å². The van der Waals surface area contributed by atoms with Crippen molar-refractivity contribution < 1.29 is 9.53 Å². The molecule has 0 aliphatic heterocycles. The molecule has 23 heavy (non-hydrogen) atoms. The van der Waals surface area contributed by atoms with Crippen LogP contribution in [-0.4, -0.2) is 22.5 Å². The highest BCUT2D eigenvalue weighted by atomic mass is 16.5. The van der Waals surface area contributed by atoms with Crippen LogP contribution in [0.1, 0.15) is 12.8 Å². The van der Waals surface area contributed by atoms with E-state index < -0.39 is 0 Å². The molecule has 3 N–H and O–H groups in total. The van der Waals surface area contributed by atoms with Crippen LogP contribution in [0.3, 0.4) is 0 Å². The lowest BCUT2D eigenvalue weighted by molar-refractivity contribution is -0.116. The van der Waals surface area contributed by atoms with E-state index in [-0.39, 0.29) is 11.6 Å². The molecule has 6 nitrogen and oxygen atoms in total. The molecule has 6 heteroatoms. The molecule has 0 radical (unpaired) electrons. The van der Waals surface area contributed by atoms with E-state index in [4.69, 9.17) is 4.74 Å². The number of benzene rings is 2. The van der Waals surface area contributed by atoms with Crippen LogP contribution in [0.2, 0.25) is 0 Å². The van der Waals surface area contributed by atoms with Crippen LogP contribution in [0.5, 0.6) is 5.75 Å². The molecule has 0 atom stereocenters. The molecule has 0 unspecified atom stereocenters. The van der Waals surface area contributed by atoms with Crippen LogP contribution in [-0.2, 0) is 4.79 Å². The molecule has 0 spiro atoms. The summed E-state index contributed by atoms with van der Waals surface area (Å²) in [5.41, 5.74) is 1.77. The summed E-state index contributed by atoms with van der Waals surface area (Å²) in [7, 11) is 0. The molecule has 1 amide bonds. The Bertz CT molecular complexity index is 852. The minimum absolute atomic E-state index is 0.0844. The molecule has 3 aromatic rings. The van der Waals surface area contributed by atoms with Gasteiger partial charge in [0.1, 0.15) is 5.75 Å². The summed E-state index contributed by atoms with van der Waals surface area (Å²) in [6.07, 6.45) is 0.998. The lowest BCUT2D eigenvalue weighted by Crippen LogP contribution is -2.12. The molecule has 118 valence electrons. The van der Waals surface area contributed by atoms with E-state index in [9.17, 15) is 9.59 Å². The van der Waals surface area contributed by atoms with Crippen molar-refractivity contribution in [2.45, 2.75) is 12.8 Å². The van der Waals surface area contributed by atoms with Crippen molar-refractivity contribution in [1.29, 1.82) is 0 Å². The van der Waals surface area contributed by atoms with Crippen LogP contribution in [0, 0.1) is 0 Å². The average molecular weight is 311 g/mol. The lowest BCUT2D eigenvalue weighted by atomic mass is 10.2. The Kier molecular flexibility index (Phi) is 4.42. The Labute approximate surface area is 132 Å². The van der Waals surface area contributed by atoms with E-state index >= 15 is 0 Å². The van der Waals surface area contributed by atoms with Gasteiger partial charge in [-0.1, -0.05) is 18.2 Å². The number of carbonyl (C=O) groups excluding carboxylic acids is 1. The van der Waals surface area contributed by atoms with Crippen LogP contribution in [0.4, 0.5) is 5.69 Å². The summed E-state index contributed by atoms with van der Waals surface area (Å²) in [5.74, 6) is 0.716. The minimum Gasteiger partial charge on any atom is -0.494 e. The third-order valence-corrected chi connectivity index (χ3v) is 3.36. The van der Waals surface area contributed by atoms with Crippen LogP contribution < -0.4 is 15.7 Å². The molecular weight excluding hydrogens is 294 g/mol. The molecule has 0 saturated heterocycles. The highest BCUT2D eigenvalue weighted by Gasteiger charge is 2.05. The smallest absolute Gasteiger partial charge is 0.323 e. The number of rotatable bonds is 6. The number of hydrogen-bond acceptors (Lipinski definition) is 3. The fourth-order valence-electron chi connectivity index (χ4n) is 2.27. The van der Waals surface area contributed by atoms with Gasteiger partial charge in [-0.3, -0.25) is 4.79 Å². The summed E-state index contributed by atoms with van der Waals surface area (Å²) in [5, 5.41) is 2.81. The lowest BCUT2D eigenvalue weighted by Gasteiger charge is -2.07. The molecular formula is C17H17N3O3. The standard InChI is InChI=1S/C17H17N3O3/c21-16(7-4-10-23-13-5-2-1-3-6-13)18-12-8-9-14-15(11-12)20-17(22)19-14/h1-3,5-6,8-9,11H,4,7,10H2,(H,18,21)(H2,19,20,22). The maximum Gasteiger partial charge on any atom is 0.323 e. The Morgan fingerprint density at radius 3 is 2.65 bits per heavy atom. The van der Waals surface area contributed by atoms with Crippen molar-refractivity contribution in [3.8, 4) is 5.75 Å². The Balaban J connectivity index is 1.47. The van der Waals surface area contributed by atoms with Gasteiger partial charge >= 0.3 is 5.69 Å². The largest absolute Gasteiger partial charge is 0.494 e. The Morgan fingerprint density at radius 2 is 1.83 bits per heavy atom. The summed E-state index contributed by atoms with van der Waals surface area (Å²) in [6, 6.07) is 14.7. The van der Waals surface area contributed by atoms with Gasteiger partial charge in [-0.25, -0.2) is 4.79 Å². The summed E-state index contributed by atoms with van der Waals surface area (Å²) in [6.45, 7) is 0.488. The second-order valence-corrected chi connectivity index (χ2v) is 5.15. The van der Waals surface area contributed by atoms with Gasteiger partial charge in [0.25, 0.3) is 0 Å². The third kappa shape index (κ3) is 4.00. The molecule has 3 rings (SSSR count). The molecule has 1 aromatic heterocycles. The number of aromatic amines is 2. The molecule has 0 fully saturated rings.